The zero-order valence-electron chi connectivity index (χ0n) is 16.4. The summed E-state index contributed by atoms with van der Waals surface area (Å²) in [6, 6.07) is 13.8. The summed E-state index contributed by atoms with van der Waals surface area (Å²) in [7, 11) is 0. The van der Waals surface area contributed by atoms with Crippen molar-refractivity contribution in [1.29, 1.82) is 0 Å². The second kappa shape index (κ2) is 7.82. The van der Waals surface area contributed by atoms with Crippen molar-refractivity contribution < 1.29 is 14.3 Å². The van der Waals surface area contributed by atoms with E-state index in [2.05, 4.69) is 0 Å². The van der Waals surface area contributed by atoms with E-state index in [0.717, 1.165) is 28.1 Å². The molecule has 142 valence electrons. The molecule has 5 heteroatoms. The molecule has 2 aromatic carbocycles. The summed E-state index contributed by atoms with van der Waals surface area (Å²) in [6.07, 6.45) is 0. The molecule has 0 saturated heterocycles. The minimum Gasteiger partial charge on any atom is -0.491 e. The van der Waals surface area contributed by atoms with Gasteiger partial charge in [0.2, 0.25) is 11.8 Å². The average Bonchev–Trinajstić information content (AvgIpc) is 2.79. The highest BCUT2D eigenvalue weighted by Gasteiger charge is 2.25. The molecule has 0 fully saturated rings. The van der Waals surface area contributed by atoms with Crippen molar-refractivity contribution in [1.82, 2.24) is 4.90 Å². The van der Waals surface area contributed by atoms with E-state index in [1.54, 1.807) is 18.7 Å². The number of anilines is 1. The van der Waals surface area contributed by atoms with Gasteiger partial charge in [0.25, 0.3) is 0 Å². The van der Waals surface area contributed by atoms with E-state index in [-0.39, 0.29) is 17.9 Å². The molecule has 2 aromatic rings. The van der Waals surface area contributed by atoms with Crippen LogP contribution in [0.2, 0.25) is 0 Å². The average molecular weight is 366 g/mol. The summed E-state index contributed by atoms with van der Waals surface area (Å²) in [5.41, 5.74) is 4.01. The number of fused-ring (bicyclic) bond motifs is 1. The number of hydrogen-bond donors (Lipinski definition) is 0. The van der Waals surface area contributed by atoms with Crippen molar-refractivity contribution in [2.45, 2.75) is 40.3 Å². The van der Waals surface area contributed by atoms with Crippen molar-refractivity contribution in [3.8, 4) is 5.75 Å². The van der Waals surface area contributed by atoms with Crippen molar-refractivity contribution in [2.24, 2.45) is 0 Å². The predicted molar refractivity (Wildman–Crippen MR) is 106 cm³/mol. The Morgan fingerprint density at radius 3 is 2.48 bits per heavy atom. The lowest BCUT2D eigenvalue weighted by Crippen LogP contribution is -2.33. The topological polar surface area (TPSA) is 49.9 Å². The molecule has 0 spiro atoms. The first-order chi connectivity index (χ1) is 12.9. The molecule has 5 nitrogen and oxygen atoms in total. The van der Waals surface area contributed by atoms with Gasteiger partial charge in [0, 0.05) is 25.1 Å². The van der Waals surface area contributed by atoms with Crippen LogP contribution in [0.4, 0.5) is 5.69 Å². The van der Waals surface area contributed by atoms with Gasteiger partial charge in [-0.3, -0.25) is 9.59 Å². The van der Waals surface area contributed by atoms with Crippen LogP contribution in [-0.4, -0.2) is 29.9 Å². The van der Waals surface area contributed by atoms with E-state index in [1.165, 1.54) is 0 Å². The fourth-order valence-electron chi connectivity index (χ4n) is 3.49. The third kappa shape index (κ3) is 4.13. The standard InChI is InChI=1S/C22H26N2O3/c1-15-5-8-20(9-6-15)24(18(4)26)14-19-7-10-22-21(13-19)16(2)23(17(3)25)11-12-27-22/h5-10,13,16H,11-12,14H2,1-4H3. The maximum atomic E-state index is 12.2. The molecule has 0 aromatic heterocycles. The maximum absolute atomic E-state index is 12.2. The van der Waals surface area contributed by atoms with Crippen LogP contribution in [-0.2, 0) is 16.1 Å². The third-order valence-corrected chi connectivity index (χ3v) is 5.05. The molecule has 27 heavy (non-hydrogen) atoms. The van der Waals surface area contributed by atoms with Gasteiger partial charge in [-0.25, -0.2) is 0 Å². The predicted octanol–water partition coefficient (Wildman–Crippen LogP) is 3.85. The molecule has 0 radical (unpaired) electrons. The lowest BCUT2D eigenvalue weighted by Gasteiger charge is -2.26. The second-order valence-corrected chi connectivity index (χ2v) is 7.05. The Kier molecular flexibility index (Phi) is 5.49. The molecule has 0 aliphatic carbocycles. The van der Waals surface area contributed by atoms with Crippen LogP contribution in [0, 0.1) is 6.92 Å². The van der Waals surface area contributed by atoms with Gasteiger partial charge in [0.15, 0.2) is 0 Å². The van der Waals surface area contributed by atoms with Crippen LogP contribution < -0.4 is 9.64 Å². The SMILES string of the molecule is CC(=O)N(Cc1ccc2c(c1)C(C)N(C(C)=O)CCO2)c1ccc(C)cc1. The lowest BCUT2D eigenvalue weighted by atomic mass is 10.0. The molecular weight excluding hydrogens is 340 g/mol. The molecule has 1 aliphatic rings. The first kappa shape index (κ1) is 19.0. The van der Waals surface area contributed by atoms with Crippen LogP contribution >= 0.6 is 0 Å². The Morgan fingerprint density at radius 2 is 1.85 bits per heavy atom. The smallest absolute Gasteiger partial charge is 0.224 e. The third-order valence-electron chi connectivity index (χ3n) is 5.05. The summed E-state index contributed by atoms with van der Waals surface area (Å²) < 4.78 is 5.83. The zero-order valence-corrected chi connectivity index (χ0v) is 16.4. The van der Waals surface area contributed by atoms with Crippen molar-refractivity contribution in [2.75, 3.05) is 18.1 Å². The molecule has 0 saturated carbocycles. The number of ether oxygens (including phenoxy) is 1. The fourth-order valence-corrected chi connectivity index (χ4v) is 3.49. The van der Waals surface area contributed by atoms with E-state index < -0.39 is 0 Å². The second-order valence-electron chi connectivity index (χ2n) is 7.05. The largest absolute Gasteiger partial charge is 0.491 e. The Morgan fingerprint density at radius 1 is 1.15 bits per heavy atom. The maximum Gasteiger partial charge on any atom is 0.224 e. The van der Waals surface area contributed by atoms with Crippen LogP contribution in [0.5, 0.6) is 5.75 Å². The highest BCUT2D eigenvalue weighted by atomic mass is 16.5. The van der Waals surface area contributed by atoms with Gasteiger partial charge in [-0.2, -0.15) is 0 Å². The van der Waals surface area contributed by atoms with Gasteiger partial charge in [-0.15, -0.1) is 0 Å². The van der Waals surface area contributed by atoms with Crippen molar-refractivity contribution in [3.63, 3.8) is 0 Å². The Hall–Kier alpha value is -2.82. The van der Waals surface area contributed by atoms with E-state index in [0.29, 0.717) is 19.7 Å². The highest BCUT2D eigenvalue weighted by Crippen LogP contribution is 2.33. The molecule has 3 rings (SSSR count). The molecule has 0 bridgehead atoms. The number of rotatable bonds is 3. The minimum absolute atomic E-state index is 0.0107. The Bertz CT molecular complexity index is 845. The summed E-state index contributed by atoms with van der Waals surface area (Å²) >= 11 is 0. The Labute approximate surface area is 160 Å². The first-order valence-corrected chi connectivity index (χ1v) is 9.24. The number of amides is 2. The molecule has 1 heterocycles. The molecule has 1 atom stereocenters. The number of carbonyl (C=O) groups is 2. The van der Waals surface area contributed by atoms with Gasteiger partial charge >= 0.3 is 0 Å². The van der Waals surface area contributed by atoms with E-state index in [1.807, 2.05) is 61.2 Å². The fraction of sp³-hybridized carbons (Fsp3) is 0.364. The highest BCUT2D eigenvalue weighted by molar-refractivity contribution is 5.91. The van der Waals surface area contributed by atoms with E-state index >= 15 is 0 Å². The van der Waals surface area contributed by atoms with Gasteiger partial charge in [0.1, 0.15) is 12.4 Å². The van der Waals surface area contributed by atoms with E-state index in [9.17, 15) is 9.59 Å². The lowest BCUT2D eigenvalue weighted by molar-refractivity contribution is -0.131. The minimum atomic E-state index is -0.0647. The number of hydrogen-bond acceptors (Lipinski definition) is 3. The van der Waals surface area contributed by atoms with Gasteiger partial charge in [0.05, 0.1) is 19.1 Å². The quantitative estimate of drug-likeness (QED) is 0.829. The van der Waals surface area contributed by atoms with Gasteiger partial charge in [-0.05, 0) is 43.7 Å². The summed E-state index contributed by atoms with van der Waals surface area (Å²) in [4.78, 5) is 27.8. The van der Waals surface area contributed by atoms with Gasteiger partial charge in [-0.1, -0.05) is 23.8 Å². The molecule has 1 aliphatic heterocycles. The number of nitrogens with zero attached hydrogens (tertiary/aromatic N) is 2. The zero-order chi connectivity index (χ0) is 19.6. The first-order valence-electron chi connectivity index (χ1n) is 9.24. The molecule has 0 N–H and O–H groups in total. The monoisotopic (exact) mass is 366 g/mol. The summed E-state index contributed by atoms with van der Waals surface area (Å²) in [5, 5.41) is 0. The number of benzene rings is 2. The number of carbonyl (C=O) groups excluding carboxylic acids is 2. The Balaban J connectivity index is 1.91. The van der Waals surface area contributed by atoms with Crippen LogP contribution in [0.3, 0.4) is 0 Å². The normalized spacial score (nSPS) is 16.1. The van der Waals surface area contributed by atoms with Gasteiger partial charge < -0.3 is 14.5 Å². The van der Waals surface area contributed by atoms with Crippen LogP contribution in [0.15, 0.2) is 42.5 Å². The summed E-state index contributed by atoms with van der Waals surface area (Å²) in [5.74, 6) is 0.831. The molecule has 1 unspecified atom stereocenters. The van der Waals surface area contributed by atoms with Crippen LogP contribution in [0.1, 0.15) is 43.5 Å². The molecule has 2 amide bonds. The number of aryl methyl sites for hydroxylation is 1. The molecular formula is C22H26N2O3. The van der Waals surface area contributed by atoms with Crippen LogP contribution in [0.25, 0.3) is 0 Å². The van der Waals surface area contributed by atoms with E-state index in [4.69, 9.17) is 4.74 Å². The van der Waals surface area contributed by atoms with Crippen molar-refractivity contribution >= 4 is 17.5 Å². The summed E-state index contributed by atoms with van der Waals surface area (Å²) in [6.45, 7) is 8.73. The van der Waals surface area contributed by atoms with Crippen molar-refractivity contribution in [3.05, 3.63) is 59.2 Å².